The lowest BCUT2D eigenvalue weighted by Crippen LogP contribution is -2.33. The number of nitrogens with zero attached hydrogens (tertiary/aromatic N) is 3. The predicted molar refractivity (Wildman–Crippen MR) is 84.0 cm³/mol. The molecule has 8 nitrogen and oxygen atoms in total. The maximum absolute atomic E-state index is 12.2. The minimum atomic E-state index is -0.335. The standard InChI is InChI=1S/C15H17N5O3/c1-3-20-9-10(7-17-20)18-14(21)8-16-15(22)12-6-13-11(19(12)2)4-5-23-13/h4-7,9H,3,8H2,1-2H3,(H,16,22)(H,18,21). The van der Waals surface area contributed by atoms with Crippen molar-refractivity contribution in [2.24, 2.45) is 7.05 Å². The van der Waals surface area contributed by atoms with Gasteiger partial charge in [-0.3, -0.25) is 14.3 Å². The normalized spacial score (nSPS) is 10.9. The Morgan fingerprint density at radius 3 is 2.91 bits per heavy atom. The minimum Gasteiger partial charge on any atom is -0.463 e. The fraction of sp³-hybridized carbons (Fsp3) is 0.267. The van der Waals surface area contributed by atoms with E-state index < -0.39 is 0 Å². The maximum atomic E-state index is 12.2. The topological polar surface area (TPSA) is 94.1 Å². The zero-order valence-corrected chi connectivity index (χ0v) is 12.9. The third-order valence-electron chi connectivity index (χ3n) is 3.55. The van der Waals surface area contributed by atoms with Crippen LogP contribution in [0.2, 0.25) is 0 Å². The number of carbonyl (C=O) groups is 2. The van der Waals surface area contributed by atoms with Crippen LogP contribution in [0.15, 0.2) is 35.2 Å². The molecule has 0 fully saturated rings. The third kappa shape index (κ3) is 2.96. The molecule has 3 rings (SSSR count). The van der Waals surface area contributed by atoms with E-state index in [9.17, 15) is 9.59 Å². The molecule has 0 unspecified atom stereocenters. The van der Waals surface area contributed by atoms with Crippen molar-refractivity contribution in [3.8, 4) is 0 Å². The van der Waals surface area contributed by atoms with Gasteiger partial charge in [-0.15, -0.1) is 0 Å². The molecule has 0 radical (unpaired) electrons. The predicted octanol–water partition coefficient (Wildman–Crippen LogP) is 1.36. The Hall–Kier alpha value is -3.03. The Balaban J connectivity index is 1.58. The molecule has 0 aliphatic rings. The van der Waals surface area contributed by atoms with Gasteiger partial charge in [-0.2, -0.15) is 5.10 Å². The van der Waals surface area contributed by atoms with Crippen molar-refractivity contribution in [1.82, 2.24) is 19.7 Å². The molecular formula is C15H17N5O3. The van der Waals surface area contributed by atoms with E-state index in [1.165, 1.54) is 0 Å². The number of carbonyl (C=O) groups excluding carboxylic acids is 2. The van der Waals surface area contributed by atoms with E-state index in [0.29, 0.717) is 17.0 Å². The summed E-state index contributed by atoms with van der Waals surface area (Å²) in [6.07, 6.45) is 4.86. The molecule has 8 heteroatoms. The Labute approximate surface area is 132 Å². The molecule has 23 heavy (non-hydrogen) atoms. The van der Waals surface area contributed by atoms with Gasteiger partial charge in [0.25, 0.3) is 5.91 Å². The van der Waals surface area contributed by atoms with Gasteiger partial charge in [0.05, 0.1) is 30.2 Å². The van der Waals surface area contributed by atoms with E-state index >= 15 is 0 Å². The quantitative estimate of drug-likeness (QED) is 0.743. The summed E-state index contributed by atoms with van der Waals surface area (Å²) in [6.45, 7) is 2.55. The third-order valence-corrected chi connectivity index (χ3v) is 3.55. The first-order chi connectivity index (χ1) is 11.1. The molecule has 120 valence electrons. The van der Waals surface area contributed by atoms with Crippen LogP contribution in [-0.4, -0.2) is 32.7 Å². The first-order valence-electron chi connectivity index (χ1n) is 7.22. The summed E-state index contributed by atoms with van der Waals surface area (Å²) in [7, 11) is 1.77. The molecule has 0 aliphatic carbocycles. The second-order valence-corrected chi connectivity index (χ2v) is 5.07. The lowest BCUT2D eigenvalue weighted by Gasteiger charge is -2.06. The number of nitrogens with one attached hydrogen (secondary N) is 2. The van der Waals surface area contributed by atoms with E-state index in [-0.39, 0.29) is 18.4 Å². The van der Waals surface area contributed by atoms with Gasteiger partial charge >= 0.3 is 0 Å². The largest absolute Gasteiger partial charge is 0.463 e. The van der Waals surface area contributed by atoms with E-state index in [1.807, 2.05) is 6.92 Å². The van der Waals surface area contributed by atoms with Crippen molar-refractivity contribution in [3.63, 3.8) is 0 Å². The Kier molecular flexibility index (Phi) is 3.88. The first kappa shape index (κ1) is 14.9. The van der Waals surface area contributed by atoms with E-state index in [2.05, 4.69) is 15.7 Å². The molecule has 0 saturated carbocycles. The summed E-state index contributed by atoms with van der Waals surface area (Å²) in [6, 6.07) is 3.43. The number of furan rings is 1. The van der Waals surface area contributed by atoms with Crippen LogP contribution >= 0.6 is 0 Å². The number of fused-ring (bicyclic) bond motifs is 1. The molecular weight excluding hydrogens is 298 g/mol. The van der Waals surface area contributed by atoms with Crippen LogP contribution < -0.4 is 10.6 Å². The average Bonchev–Trinajstić information content (AvgIpc) is 3.23. The van der Waals surface area contributed by atoms with Crippen LogP contribution in [0.5, 0.6) is 0 Å². The van der Waals surface area contributed by atoms with Crippen molar-refractivity contribution >= 4 is 28.6 Å². The molecule has 0 saturated heterocycles. The number of rotatable bonds is 5. The van der Waals surface area contributed by atoms with E-state index in [4.69, 9.17) is 4.42 Å². The fourth-order valence-corrected chi connectivity index (χ4v) is 2.33. The van der Waals surface area contributed by atoms with Gasteiger partial charge in [0.1, 0.15) is 5.69 Å². The number of hydrogen-bond donors (Lipinski definition) is 2. The lowest BCUT2D eigenvalue weighted by molar-refractivity contribution is -0.115. The summed E-state index contributed by atoms with van der Waals surface area (Å²) in [5, 5.41) is 9.33. The molecule has 3 aromatic heterocycles. The summed E-state index contributed by atoms with van der Waals surface area (Å²) in [5.41, 5.74) is 2.49. The Morgan fingerprint density at radius 1 is 1.39 bits per heavy atom. The second-order valence-electron chi connectivity index (χ2n) is 5.07. The lowest BCUT2D eigenvalue weighted by atomic mass is 10.4. The van der Waals surface area contributed by atoms with Crippen molar-refractivity contribution in [3.05, 3.63) is 36.5 Å². The number of hydrogen-bond acceptors (Lipinski definition) is 4. The van der Waals surface area contributed by atoms with Gasteiger partial charge in [-0.1, -0.05) is 0 Å². The fourth-order valence-electron chi connectivity index (χ4n) is 2.33. The summed E-state index contributed by atoms with van der Waals surface area (Å²) >= 11 is 0. The summed E-state index contributed by atoms with van der Waals surface area (Å²) in [4.78, 5) is 24.0. The van der Waals surface area contributed by atoms with Crippen molar-refractivity contribution in [2.45, 2.75) is 13.5 Å². The molecule has 0 spiro atoms. The molecule has 0 aliphatic heterocycles. The maximum Gasteiger partial charge on any atom is 0.268 e. The number of amides is 2. The SMILES string of the molecule is CCn1cc(NC(=O)CNC(=O)c2cc3occc3n2C)cn1. The summed E-state index contributed by atoms with van der Waals surface area (Å²) < 4.78 is 8.68. The van der Waals surface area contributed by atoms with Crippen LogP contribution in [-0.2, 0) is 18.4 Å². The van der Waals surface area contributed by atoms with Crippen LogP contribution in [0.1, 0.15) is 17.4 Å². The highest BCUT2D eigenvalue weighted by Gasteiger charge is 2.15. The highest BCUT2D eigenvalue weighted by atomic mass is 16.3. The first-order valence-corrected chi connectivity index (χ1v) is 7.22. The van der Waals surface area contributed by atoms with Crippen molar-refractivity contribution < 1.29 is 14.0 Å². The molecule has 2 N–H and O–H groups in total. The Bertz CT molecular complexity index is 858. The van der Waals surface area contributed by atoms with Crippen LogP contribution in [0.3, 0.4) is 0 Å². The highest BCUT2D eigenvalue weighted by molar-refractivity contribution is 6.00. The highest BCUT2D eigenvalue weighted by Crippen LogP contribution is 2.19. The summed E-state index contributed by atoms with van der Waals surface area (Å²) in [5.74, 6) is -0.648. The zero-order chi connectivity index (χ0) is 16.4. The van der Waals surface area contributed by atoms with Crippen LogP contribution in [0.4, 0.5) is 5.69 Å². The van der Waals surface area contributed by atoms with Gasteiger partial charge in [-0.05, 0) is 6.92 Å². The van der Waals surface area contributed by atoms with Crippen LogP contribution in [0, 0.1) is 0 Å². The number of anilines is 1. The van der Waals surface area contributed by atoms with E-state index in [0.717, 1.165) is 12.1 Å². The number of aromatic nitrogens is 3. The average molecular weight is 315 g/mol. The molecule has 0 bridgehead atoms. The van der Waals surface area contributed by atoms with Gasteiger partial charge in [0.2, 0.25) is 5.91 Å². The molecule has 0 atom stereocenters. The molecule has 2 amide bonds. The zero-order valence-electron chi connectivity index (χ0n) is 12.9. The van der Waals surface area contributed by atoms with Gasteiger partial charge < -0.3 is 19.6 Å². The van der Waals surface area contributed by atoms with Crippen LogP contribution in [0.25, 0.3) is 11.1 Å². The monoisotopic (exact) mass is 315 g/mol. The van der Waals surface area contributed by atoms with Gasteiger partial charge in [0, 0.05) is 31.9 Å². The van der Waals surface area contributed by atoms with Gasteiger partial charge in [-0.25, -0.2) is 0 Å². The number of aryl methyl sites for hydroxylation is 2. The second kappa shape index (κ2) is 5.99. The molecule has 3 heterocycles. The smallest absolute Gasteiger partial charge is 0.268 e. The molecule has 3 aromatic rings. The van der Waals surface area contributed by atoms with Gasteiger partial charge in [0.15, 0.2) is 5.58 Å². The molecule has 0 aromatic carbocycles. The van der Waals surface area contributed by atoms with Crippen molar-refractivity contribution in [1.29, 1.82) is 0 Å². The van der Waals surface area contributed by atoms with E-state index in [1.54, 1.807) is 47.1 Å². The minimum absolute atomic E-state index is 0.122. The Morgan fingerprint density at radius 2 is 2.22 bits per heavy atom. The van der Waals surface area contributed by atoms with Crippen molar-refractivity contribution in [2.75, 3.05) is 11.9 Å².